The average molecular weight is 207 g/mol. The molecule has 0 aliphatic rings. The summed E-state index contributed by atoms with van der Waals surface area (Å²) in [4.78, 5) is 0. The minimum absolute atomic E-state index is 0.564. The summed E-state index contributed by atoms with van der Waals surface area (Å²) in [5.74, 6) is 1.43. The van der Waals surface area contributed by atoms with Crippen LogP contribution in [0.2, 0.25) is 0 Å². The van der Waals surface area contributed by atoms with Crippen LogP contribution in [0.25, 0.3) is 0 Å². The number of hydrogen-bond donors (Lipinski definition) is 1. The predicted octanol–water partition coefficient (Wildman–Crippen LogP) is 2.62. The monoisotopic (exact) mass is 207 g/mol. The molecule has 0 heterocycles. The summed E-state index contributed by atoms with van der Waals surface area (Å²) in [5.41, 5.74) is 7.57. The molecule has 0 atom stereocenters. The summed E-state index contributed by atoms with van der Waals surface area (Å²) < 4.78 is 10.5. The fourth-order valence-corrected chi connectivity index (χ4v) is 1.11. The Morgan fingerprint density at radius 1 is 1.40 bits per heavy atom. The number of benzene rings is 1. The number of anilines is 1. The van der Waals surface area contributed by atoms with Crippen molar-refractivity contribution in [3.63, 3.8) is 0 Å². The smallest absolute Gasteiger partial charge is 0.142 e. The van der Waals surface area contributed by atoms with E-state index in [-0.39, 0.29) is 0 Å². The van der Waals surface area contributed by atoms with E-state index in [1.807, 2.05) is 26.0 Å². The maximum Gasteiger partial charge on any atom is 0.142 e. The van der Waals surface area contributed by atoms with Crippen LogP contribution in [0.15, 0.2) is 29.8 Å². The largest absolute Gasteiger partial charge is 0.495 e. The van der Waals surface area contributed by atoms with Crippen LogP contribution in [0.5, 0.6) is 11.5 Å². The van der Waals surface area contributed by atoms with Crippen molar-refractivity contribution < 1.29 is 9.47 Å². The van der Waals surface area contributed by atoms with Gasteiger partial charge in [0.05, 0.1) is 12.8 Å². The Bertz CT molecular complexity index is 355. The Balaban J connectivity index is 2.63. The molecule has 1 rings (SSSR count). The van der Waals surface area contributed by atoms with Gasteiger partial charge in [-0.2, -0.15) is 0 Å². The molecular weight excluding hydrogens is 190 g/mol. The van der Waals surface area contributed by atoms with E-state index in [9.17, 15) is 0 Å². The molecule has 0 saturated heterocycles. The van der Waals surface area contributed by atoms with Gasteiger partial charge in [-0.05, 0) is 32.1 Å². The third-order valence-corrected chi connectivity index (χ3v) is 1.94. The van der Waals surface area contributed by atoms with Crippen molar-refractivity contribution in [2.45, 2.75) is 13.8 Å². The maximum absolute atomic E-state index is 5.74. The van der Waals surface area contributed by atoms with E-state index in [4.69, 9.17) is 15.2 Å². The van der Waals surface area contributed by atoms with Gasteiger partial charge in [0.2, 0.25) is 0 Å². The fourth-order valence-electron chi connectivity index (χ4n) is 1.11. The number of nitrogen functional groups attached to an aromatic ring is 1. The van der Waals surface area contributed by atoms with E-state index >= 15 is 0 Å². The topological polar surface area (TPSA) is 44.5 Å². The molecule has 0 bridgehead atoms. The Hall–Kier alpha value is -1.64. The lowest BCUT2D eigenvalue weighted by Crippen LogP contribution is -1.97. The minimum Gasteiger partial charge on any atom is -0.495 e. The Kier molecular flexibility index (Phi) is 4.03. The number of rotatable bonds is 4. The van der Waals surface area contributed by atoms with Gasteiger partial charge in [-0.1, -0.05) is 5.57 Å². The van der Waals surface area contributed by atoms with Crippen LogP contribution in [0, 0.1) is 0 Å². The van der Waals surface area contributed by atoms with E-state index in [2.05, 4.69) is 0 Å². The van der Waals surface area contributed by atoms with Gasteiger partial charge in [-0.25, -0.2) is 0 Å². The second-order valence-corrected chi connectivity index (χ2v) is 3.50. The molecule has 82 valence electrons. The summed E-state index contributed by atoms with van der Waals surface area (Å²) >= 11 is 0. The highest BCUT2D eigenvalue weighted by molar-refractivity contribution is 5.56. The summed E-state index contributed by atoms with van der Waals surface area (Å²) in [6, 6.07) is 5.40. The van der Waals surface area contributed by atoms with Crippen molar-refractivity contribution >= 4 is 5.69 Å². The SMILES string of the molecule is COc1ccc(OCC=C(C)C)cc1N. The van der Waals surface area contributed by atoms with Gasteiger partial charge in [0.15, 0.2) is 0 Å². The van der Waals surface area contributed by atoms with Gasteiger partial charge in [-0.3, -0.25) is 0 Å². The van der Waals surface area contributed by atoms with E-state index in [0.717, 1.165) is 5.75 Å². The van der Waals surface area contributed by atoms with E-state index in [0.29, 0.717) is 18.0 Å². The molecule has 1 aromatic carbocycles. The minimum atomic E-state index is 0.564. The Labute approximate surface area is 90.5 Å². The molecule has 0 spiro atoms. The molecule has 0 aromatic heterocycles. The summed E-state index contributed by atoms with van der Waals surface area (Å²) in [5, 5.41) is 0. The summed E-state index contributed by atoms with van der Waals surface area (Å²) in [6.07, 6.45) is 2.01. The van der Waals surface area contributed by atoms with Crippen molar-refractivity contribution in [1.82, 2.24) is 0 Å². The molecule has 0 aliphatic carbocycles. The van der Waals surface area contributed by atoms with Crippen LogP contribution < -0.4 is 15.2 Å². The van der Waals surface area contributed by atoms with Crippen LogP contribution in [0.4, 0.5) is 5.69 Å². The molecule has 0 saturated carbocycles. The molecule has 1 aromatic rings. The lowest BCUT2D eigenvalue weighted by Gasteiger charge is -2.07. The number of allylic oxidation sites excluding steroid dienone is 1. The van der Waals surface area contributed by atoms with Gasteiger partial charge in [0, 0.05) is 6.07 Å². The zero-order valence-electron chi connectivity index (χ0n) is 9.41. The van der Waals surface area contributed by atoms with Crippen molar-refractivity contribution in [1.29, 1.82) is 0 Å². The second kappa shape index (κ2) is 5.29. The third kappa shape index (κ3) is 3.54. The molecule has 15 heavy (non-hydrogen) atoms. The molecule has 2 N–H and O–H groups in total. The summed E-state index contributed by atoms with van der Waals surface area (Å²) in [6.45, 7) is 4.63. The van der Waals surface area contributed by atoms with Gasteiger partial charge in [-0.15, -0.1) is 0 Å². The number of methoxy groups -OCH3 is 1. The molecular formula is C12H17NO2. The van der Waals surface area contributed by atoms with E-state index in [1.54, 1.807) is 19.2 Å². The fraction of sp³-hybridized carbons (Fsp3) is 0.333. The Morgan fingerprint density at radius 2 is 2.13 bits per heavy atom. The highest BCUT2D eigenvalue weighted by Crippen LogP contribution is 2.25. The lowest BCUT2D eigenvalue weighted by atomic mass is 10.3. The second-order valence-electron chi connectivity index (χ2n) is 3.50. The van der Waals surface area contributed by atoms with Crippen LogP contribution in [-0.4, -0.2) is 13.7 Å². The van der Waals surface area contributed by atoms with Crippen molar-refractivity contribution in [3.05, 3.63) is 29.8 Å². The van der Waals surface area contributed by atoms with Gasteiger partial charge in [0.25, 0.3) is 0 Å². The van der Waals surface area contributed by atoms with Crippen molar-refractivity contribution in [2.75, 3.05) is 19.5 Å². The van der Waals surface area contributed by atoms with Crippen LogP contribution in [0.1, 0.15) is 13.8 Å². The zero-order valence-corrected chi connectivity index (χ0v) is 9.41. The number of nitrogens with two attached hydrogens (primary N) is 1. The number of ether oxygens (including phenoxy) is 2. The molecule has 3 heteroatoms. The molecule has 0 amide bonds. The van der Waals surface area contributed by atoms with Crippen LogP contribution in [-0.2, 0) is 0 Å². The molecule has 0 aliphatic heterocycles. The van der Waals surface area contributed by atoms with Gasteiger partial charge < -0.3 is 15.2 Å². The molecule has 0 unspecified atom stereocenters. The molecule has 3 nitrogen and oxygen atoms in total. The number of hydrogen-bond acceptors (Lipinski definition) is 3. The van der Waals surface area contributed by atoms with Crippen LogP contribution in [0.3, 0.4) is 0 Å². The van der Waals surface area contributed by atoms with E-state index < -0.39 is 0 Å². The third-order valence-electron chi connectivity index (χ3n) is 1.94. The van der Waals surface area contributed by atoms with Crippen LogP contribution >= 0.6 is 0 Å². The first-order valence-electron chi connectivity index (χ1n) is 4.83. The van der Waals surface area contributed by atoms with Crippen molar-refractivity contribution in [2.24, 2.45) is 0 Å². The molecule has 0 fully saturated rings. The first-order valence-corrected chi connectivity index (χ1v) is 4.83. The maximum atomic E-state index is 5.74. The van der Waals surface area contributed by atoms with Gasteiger partial charge in [0.1, 0.15) is 18.1 Å². The van der Waals surface area contributed by atoms with E-state index in [1.165, 1.54) is 5.57 Å². The first kappa shape index (κ1) is 11.4. The molecule has 0 radical (unpaired) electrons. The quantitative estimate of drug-likeness (QED) is 0.609. The Morgan fingerprint density at radius 3 is 2.67 bits per heavy atom. The predicted molar refractivity (Wildman–Crippen MR) is 62.3 cm³/mol. The summed E-state index contributed by atoms with van der Waals surface area (Å²) in [7, 11) is 1.59. The first-order chi connectivity index (χ1) is 7.13. The standard InChI is InChI=1S/C12H17NO2/c1-9(2)6-7-15-10-4-5-12(14-3)11(13)8-10/h4-6,8H,7,13H2,1-3H3. The normalized spacial score (nSPS) is 9.53. The highest BCUT2D eigenvalue weighted by Gasteiger charge is 2.00. The highest BCUT2D eigenvalue weighted by atomic mass is 16.5. The zero-order chi connectivity index (χ0) is 11.3. The van der Waals surface area contributed by atoms with Crippen molar-refractivity contribution in [3.8, 4) is 11.5 Å². The van der Waals surface area contributed by atoms with Gasteiger partial charge >= 0.3 is 0 Å². The lowest BCUT2D eigenvalue weighted by molar-refractivity contribution is 0.360. The average Bonchev–Trinajstić information content (AvgIpc) is 2.17.